The minimum atomic E-state index is -0.549. The molecule has 0 unspecified atom stereocenters. The van der Waals surface area contributed by atoms with Gasteiger partial charge in [-0.3, -0.25) is 0 Å². The molecule has 3 nitrogen and oxygen atoms in total. The van der Waals surface area contributed by atoms with Crippen LogP contribution in [0.25, 0.3) is 0 Å². The van der Waals surface area contributed by atoms with Gasteiger partial charge in [0.15, 0.2) is 5.84 Å². The van der Waals surface area contributed by atoms with Crippen molar-refractivity contribution in [2.24, 2.45) is 5.16 Å². The summed E-state index contributed by atoms with van der Waals surface area (Å²) in [5.41, 5.74) is 1.60. The van der Waals surface area contributed by atoms with Gasteiger partial charge in [-0.25, -0.2) is 0 Å². The summed E-state index contributed by atoms with van der Waals surface area (Å²) in [6, 6.07) is 20.2. The fourth-order valence-electron chi connectivity index (χ4n) is 2.28. The molecule has 0 N–H and O–H groups in total. The van der Waals surface area contributed by atoms with E-state index in [2.05, 4.69) is 22.2 Å². The Morgan fingerprint density at radius 1 is 0.947 bits per heavy atom. The molecule has 0 fully saturated rings. The van der Waals surface area contributed by atoms with Gasteiger partial charge >= 0.3 is 0 Å². The SMILES string of the molecule is CN1C(c2ccccc2)=NO[C@]1(C)c1ccccc1. The predicted octanol–water partition coefficient (Wildman–Crippen LogP) is 3.18. The van der Waals surface area contributed by atoms with E-state index >= 15 is 0 Å². The lowest BCUT2D eigenvalue weighted by Gasteiger charge is -2.31. The average molecular weight is 252 g/mol. The van der Waals surface area contributed by atoms with Crippen LogP contribution in [0.15, 0.2) is 65.8 Å². The molecule has 1 aliphatic rings. The number of hydrogen-bond acceptors (Lipinski definition) is 3. The molecule has 3 rings (SSSR count). The molecule has 3 heteroatoms. The summed E-state index contributed by atoms with van der Waals surface area (Å²) in [5, 5.41) is 4.26. The Labute approximate surface area is 113 Å². The second-order valence-electron chi connectivity index (χ2n) is 4.78. The molecule has 0 spiro atoms. The molecule has 1 aliphatic heterocycles. The third-order valence-electron chi connectivity index (χ3n) is 3.61. The van der Waals surface area contributed by atoms with Crippen LogP contribution in [0.1, 0.15) is 18.1 Å². The van der Waals surface area contributed by atoms with E-state index < -0.39 is 5.72 Å². The fraction of sp³-hybridized carbons (Fsp3) is 0.188. The van der Waals surface area contributed by atoms with Crippen LogP contribution in [-0.2, 0) is 10.6 Å². The van der Waals surface area contributed by atoms with E-state index in [-0.39, 0.29) is 0 Å². The van der Waals surface area contributed by atoms with Crippen molar-refractivity contribution in [3.05, 3.63) is 71.8 Å². The molecule has 0 saturated carbocycles. The van der Waals surface area contributed by atoms with Crippen LogP contribution in [0.3, 0.4) is 0 Å². The number of benzene rings is 2. The maximum atomic E-state index is 5.72. The second-order valence-corrected chi connectivity index (χ2v) is 4.78. The molecule has 0 aromatic heterocycles. The summed E-state index contributed by atoms with van der Waals surface area (Å²) in [4.78, 5) is 7.79. The van der Waals surface area contributed by atoms with Gasteiger partial charge in [-0.15, -0.1) is 0 Å². The standard InChI is InChI=1S/C16H16N2O/c1-16(14-11-7-4-8-12-14)18(2)15(17-19-16)13-9-5-3-6-10-13/h3-12H,1-2H3/t16-/m1/s1. The highest BCUT2D eigenvalue weighted by Gasteiger charge is 2.41. The van der Waals surface area contributed by atoms with Crippen molar-refractivity contribution in [3.8, 4) is 0 Å². The zero-order chi connectivity index (χ0) is 13.3. The molecule has 0 aliphatic carbocycles. The van der Waals surface area contributed by atoms with Crippen molar-refractivity contribution in [1.82, 2.24) is 4.90 Å². The van der Waals surface area contributed by atoms with Crippen molar-refractivity contribution in [3.63, 3.8) is 0 Å². The maximum absolute atomic E-state index is 5.72. The molecule has 2 aromatic carbocycles. The number of nitrogens with zero attached hydrogens (tertiary/aromatic N) is 2. The topological polar surface area (TPSA) is 24.8 Å². The molecule has 19 heavy (non-hydrogen) atoms. The van der Waals surface area contributed by atoms with Crippen LogP contribution in [0.2, 0.25) is 0 Å². The lowest BCUT2D eigenvalue weighted by Crippen LogP contribution is -2.41. The zero-order valence-electron chi connectivity index (χ0n) is 11.1. The summed E-state index contributed by atoms with van der Waals surface area (Å²) in [6.07, 6.45) is 0. The normalized spacial score (nSPS) is 22.0. The Hall–Kier alpha value is -2.29. The molecule has 0 saturated heterocycles. The van der Waals surface area contributed by atoms with Crippen LogP contribution >= 0.6 is 0 Å². The largest absolute Gasteiger partial charge is 0.360 e. The highest BCUT2D eigenvalue weighted by atomic mass is 16.7. The molecule has 0 bridgehead atoms. The summed E-state index contributed by atoms with van der Waals surface area (Å²) in [6.45, 7) is 2.03. The molecule has 1 atom stereocenters. The second kappa shape index (κ2) is 4.43. The van der Waals surface area contributed by atoms with Crippen molar-refractivity contribution >= 4 is 5.84 Å². The van der Waals surface area contributed by atoms with Crippen molar-refractivity contribution in [1.29, 1.82) is 0 Å². The fourth-order valence-corrected chi connectivity index (χ4v) is 2.28. The summed E-state index contributed by atoms with van der Waals surface area (Å²) >= 11 is 0. The number of oxime groups is 1. The Morgan fingerprint density at radius 2 is 1.53 bits per heavy atom. The highest BCUT2D eigenvalue weighted by Crippen LogP contribution is 2.34. The first-order chi connectivity index (χ1) is 9.22. The highest BCUT2D eigenvalue weighted by molar-refractivity contribution is 5.99. The van der Waals surface area contributed by atoms with Crippen LogP contribution in [0.4, 0.5) is 0 Å². The Balaban J connectivity index is 1.95. The third-order valence-corrected chi connectivity index (χ3v) is 3.61. The maximum Gasteiger partial charge on any atom is 0.234 e. The first-order valence-electron chi connectivity index (χ1n) is 6.33. The van der Waals surface area contributed by atoms with Crippen molar-refractivity contribution in [2.45, 2.75) is 12.6 Å². The Kier molecular flexibility index (Phi) is 2.75. The van der Waals surface area contributed by atoms with E-state index in [4.69, 9.17) is 4.84 Å². The molecular weight excluding hydrogens is 236 g/mol. The average Bonchev–Trinajstić information content (AvgIpc) is 2.78. The minimum absolute atomic E-state index is 0.549. The molecular formula is C16H16N2O. The molecule has 1 heterocycles. The van der Waals surface area contributed by atoms with Gasteiger partial charge in [0.2, 0.25) is 5.72 Å². The lowest BCUT2D eigenvalue weighted by molar-refractivity contribution is -0.0814. The third kappa shape index (κ3) is 1.87. The summed E-state index contributed by atoms with van der Waals surface area (Å²) in [7, 11) is 2.01. The van der Waals surface area contributed by atoms with Crippen molar-refractivity contribution in [2.75, 3.05) is 7.05 Å². The Bertz CT molecular complexity index is 595. The van der Waals surface area contributed by atoms with Gasteiger partial charge in [0.1, 0.15) is 0 Å². The van der Waals surface area contributed by atoms with E-state index in [0.717, 1.165) is 17.0 Å². The molecule has 0 amide bonds. The zero-order valence-corrected chi connectivity index (χ0v) is 11.1. The smallest absolute Gasteiger partial charge is 0.234 e. The van der Waals surface area contributed by atoms with E-state index in [1.807, 2.05) is 62.5 Å². The van der Waals surface area contributed by atoms with Gasteiger partial charge in [0.25, 0.3) is 0 Å². The monoisotopic (exact) mass is 252 g/mol. The van der Waals surface area contributed by atoms with E-state index in [1.165, 1.54) is 0 Å². The molecule has 96 valence electrons. The van der Waals surface area contributed by atoms with E-state index in [0.29, 0.717) is 0 Å². The van der Waals surface area contributed by atoms with Gasteiger partial charge in [-0.2, -0.15) is 0 Å². The quantitative estimate of drug-likeness (QED) is 0.820. The number of amidine groups is 1. The Morgan fingerprint density at radius 3 is 2.16 bits per heavy atom. The van der Waals surface area contributed by atoms with Crippen molar-refractivity contribution < 1.29 is 4.84 Å². The first-order valence-corrected chi connectivity index (χ1v) is 6.33. The summed E-state index contributed by atoms with van der Waals surface area (Å²) in [5.74, 6) is 0.854. The van der Waals surface area contributed by atoms with Gasteiger partial charge in [0.05, 0.1) is 0 Å². The van der Waals surface area contributed by atoms with Crippen LogP contribution in [0, 0.1) is 0 Å². The van der Waals surface area contributed by atoms with E-state index in [9.17, 15) is 0 Å². The van der Waals surface area contributed by atoms with Gasteiger partial charge < -0.3 is 9.74 Å². The van der Waals surface area contributed by atoms with Crippen LogP contribution < -0.4 is 0 Å². The number of hydrogen-bond donors (Lipinski definition) is 0. The minimum Gasteiger partial charge on any atom is -0.360 e. The van der Waals surface area contributed by atoms with Gasteiger partial charge in [-0.1, -0.05) is 65.8 Å². The van der Waals surface area contributed by atoms with Gasteiger partial charge in [-0.05, 0) is 0 Å². The van der Waals surface area contributed by atoms with E-state index in [1.54, 1.807) is 0 Å². The summed E-state index contributed by atoms with van der Waals surface area (Å²) < 4.78 is 0. The molecule has 2 aromatic rings. The molecule has 0 radical (unpaired) electrons. The lowest BCUT2D eigenvalue weighted by atomic mass is 10.0. The van der Waals surface area contributed by atoms with Crippen LogP contribution in [-0.4, -0.2) is 17.8 Å². The number of rotatable bonds is 2. The predicted molar refractivity (Wildman–Crippen MR) is 75.6 cm³/mol. The van der Waals surface area contributed by atoms with Gasteiger partial charge in [0, 0.05) is 25.1 Å². The van der Waals surface area contributed by atoms with Crippen LogP contribution in [0.5, 0.6) is 0 Å². The first kappa shape index (κ1) is 11.8.